The number of benzene rings is 1. The Morgan fingerprint density at radius 3 is 3.00 bits per heavy atom. The van der Waals surface area contributed by atoms with Crippen LogP contribution in [-0.4, -0.2) is 23.8 Å². The van der Waals surface area contributed by atoms with Crippen molar-refractivity contribution in [3.05, 3.63) is 29.8 Å². The highest BCUT2D eigenvalue weighted by atomic mass is 16.3. The van der Waals surface area contributed by atoms with Crippen molar-refractivity contribution >= 4 is 11.7 Å². The number of anilines is 1. The van der Waals surface area contributed by atoms with Crippen molar-refractivity contribution in [1.29, 1.82) is 0 Å². The summed E-state index contributed by atoms with van der Waals surface area (Å²) in [6.07, 6.45) is 6.14. The molecule has 0 radical (unpaired) electrons. The molecule has 1 rings (SSSR count). The fourth-order valence-corrected chi connectivity index (χ4v) is 1.42. The molecule has 1 unspecified atom stereocenters. The lowest BCUT2D eigenvalue weighted by atomic mass is 10.2. The second-order valence-corrected chi connectivity index (χ2v) is 3.96. The van der Waals surface area contributed by atoms with E-state index < -0.39 is 0 Å². The third-order valence-electron chi connectivity index (χ3n) is 2.52. The van der Waals surface area contributed by atoms with Crippen LogP contribution >= 0.6 is 0 Å². The van der Waals surface area contributed by atoms with Gasteiger partial charge in [-0.1, -0.05) is 18.9 Å². The second kappa shape index (κ2) is 7.36. The van der Waals surface area contributed by atoms with E-state index >= 15 is 0 Å². The van der Waals surface area contributed by atoms with E-state index in [9.17, 15) is 9.90 Å². The van der Waals surface area contributed by atoms with E-state index in [1.54, 1.807) is 24.3 Å². The van der Waals surface area contributed by atoms with Gasteiger partial charge in [-0.3, -0.25) is 0 Å². The topological polar surface area (TPSA) is 61.4 Å². The van der Waals surface area contributed by atoms with Crippen LogP contribution in [0.3, 0.4) is 0 Å². The molecule has 0 aliphatic heterocycles. The second-order valence-electron chi connectivity index (χ2n) is 3.96. The molecule has 1 aromatic rings. The minimum Gasteiger partial charge on any atom is -0.393 e. The van der Waals surface area contributed by atoms with Crippen LogP contribution in [-0.2, 0) is 0 Å². The number of terminal acetylenes is 1. The van der Waals surface area contributed by atoms with E-state index in [1.165, 1.54) is 0 Å². The van der Waals surface area contributed by atoms with Gasteiger partial charge in [-0.25, -0.2) is 4.79 Å². The maximum atomic E-state index is 11.5. The lowest BCUT2D eigenvalue weighted by Crippen LogP contribution is -2.31. The van der Waals surface area contributed by atoms with Crippen molar-refractivity contribution in [2.75, 3.05) is 11.9 Å². The smallest absolute Gasteiger partial charge is 0.319 e. The predicted octanol–water partition coefficient (Wildman–Crippen LogP) is 1.95. The normalized spacial score (nSPS) is 11.4. The molecule has 0 heterocycles. The number of carbonyl (C=O) groups excluding carboxylic acids is 1. The minimum atomic E-state index is -0.366. The van der Waals surface area contributed by atoms with Crippen LogP contribution in [0.4, 0.5) is 10.5 Å². The van der Waals surface area contributed by atoms with Crippen molar-refractivity contribution in [1.82, 2.24) is 5.32 Å². The van der Waals surface area contributed by atoms with Crippen molar-refractivity contribution < 1.29 is 9.90 Å². The predicted molar refractivity (Wildman–Crippen MR) is 72.3 cm³/mol. The Kier molecular flexibility index (Phi) is 5.75. The fraction of sp³-hybridized carbons (Fsp3) is 0.357. The molecule has 0 saturated heterocycles. The summed E-state index contributed by atoms with van der Waals surface area (Å²) in [5, 5.41) is 14.7. The molecular weight excluding hydrogens is 228 g/mol. The molecule has 4 nitrogen and oxygen atoms in total. The van der Waals surface area contributed by atoms with Crippen LogP contribution < -0.4 is 10.6 Å². The average molecular weight is 246 g/mol. The van der Waals surface area contributed by atoms with E-state index in [-0.39, 0.29) is 12.1 Å². The van der Waals surface area contributed by atoms with E-state index in [0.717, 1.165) is 0 Å². The Morgan fingerprint density at radius 2 is 2.33 bits per heavy atom. The van der Waals surface area contributed by atoms with E-state index in [4.69, 9.17) is 6.42 Å². The quantitative estimate of drug-likeness (QED) is 0.695. The Morgan fingerprint density at radius 1 is 1.56 bits per heavy atom. The average Bonchev–Trinajstić information content (AvgIpc) is 2.38. The van der Waals surface area contributed by atoms with Gasteiger partial charge in [0.2, 0.25) is 0 Å². The Bertz CT molecular complexity index is 438. The Hall–Kier alpha value is -1.99. The highest BCUT2D eigenvalue weighted by Crippen LogP contribution is 2.09. The van der Waals surface area contributed by atoms with Gasteiger partial charge < -0.3 is 15.7 Å². The first-order valence-corrected chi connectivity index (χ1v) is 5.95. The first kappa shape index (κ1) is 14.1. The summed E-state index contributed by atoms with van der Waals surface area (Å²) < 4.78 is 0. The van der Waals surface area contributed by atoms with Gasteiger partial charge >= 0.3 is 6.03 Å². The third kappa shape index (κ3) is 4.89. The van der Waals surface area contributed by atoms with Crippen LogP contribution in [0.15, 0.2) is 24.3 Å². The number of rotatable bonds is 5. The Balaban J connectivity index is 2.38. The van der Waals surface area contributed by atoms with E-state index in [2.05, 4.69) is 16.6 Å². The monoisotopic (exact) mass is 246 g/mol. The fourth-order valence-electron chi connectivity index (χ4n) is 1.42. The highest BCUT2D eigenvalue weighted by molar-refractivity contribution is 5.89. The summed E-state index contributed by atoms with van der Waals surface area (Å²) in [6.45, 7) is 2.34. The van der Waals surface area contributed by atoms with Crippen molar-refractivity contribution in [3.8, 4) is 12.3 Å². The van der Waals surface area contributed by atoms with Crippen molar-refractivity contribution in [2.24, 2.45) is 0 Å². The van der Waals surface area contributed by atoms with Gasteiger partial charge in [-0.2, -0.15) is 0 Å². The molecule has 18 heavy (non-hydrogen) atoms. The van der Waals surface area contributed by atoms with Gasteiger partial charge in [0.15, 0.2) is 0 Å². The summed E-state index contributed by atoms with van der Waals surface area (Å²) in [5.41, 5.74) is 1.37. The van der Waals surface area contributed by atoms with Crippen LogP contribution in [0.5, 0.6) is 0 Å². The molecule has 0 bridgehead atoms. The minimum absolute atomic E-state index is 0.299. The molecule has 2 amide bonds. The zero-order chi connectivity index (χ0) is 13.4. The lowest BCUT2D eigenvalue weighted by molar-refractivity contribution is 0.160. The molecule has 0 aliphatic rings. The van der Waals surface area contributed by atoms with Gasteiger partial charge in [0.1, 0.15) is 0 Å². The molecule has 1 aromatic carbocycles. The molecule has 0 fully saturated rings. The maximum absolute atomic E-state index is 11.5. The largest absolute Gasteiger partial charge is 0.393 e. The molecule has 3 N–H and O–H groups in total. The van der Waals surface area contributed by atoms with Crippen LogP contribution in [0.1, 0.15) is 25.3 Å². The number of nitrogens with one attached hydrogen (secondary N) is 2. The summed E-state index contributed by atoms with van der Waals surface area (Å²) in [4.78, 5) is 11.5. The number of aliphatic hydroxyl groups is 1. The van der Waals surface area contributed by atoms with Gasteiger partial charge in [-0.15, -0.1) is 6.42 Å². The summed E-state index contributed by atoms with van der Waals surface area (Å²) in [6, 6.07) is 6.76. The van der Waals surface area contributed by atoms with Crippen molar-refractivity contribution in [2.45, 2.75) is 25.9 Å². The van der Waals surface area contributed by atoms with Gasteiger partial charge in [0.05, 0.1) is 6.10 Å². The maximum Gasteiger partial charge on any atom is 0.319 e. The first-order valence-electron chi connectivity index (χ1n) is 5.95. The number of hydrogen-bond acceptors (Lipinski definition) is 2. The zero-order valence-electron chi connectivity index (χ0n) is 10.4. The van der Waals surface area contributed by atoms with E-state index in [0.29, 0.717) is 30.6 Å². The number of aliphatic hydroxyl groups excluding tert-OH is 1. The molecule has 0 spiro atoms. The van der Waals surface area contributed by atoms with Crippen molar-refractivity contribution in [3.63, 3.8) is 0 Å². The van der Waals surface area contributed by atoms with Gasteiger partial charge in [0.25, 0.3) is 0 Å². The first-order chi connectivity index (χ1) is 8.65. The van der Waals surface area contributed by atoms with Crippen LogP contribution in [0, 0.1) is 12.3 Å². The lowest BCUT2D eigenvalue weighted by Gasteiger charge is -2.10. The summed E-state index contributed by atoms with van der Waals surface area (Å²) in [7, 11) is 0. The highest BCUT2D eigenvalue weighted by Gasteiger charge is 2.04. The molecule has 96 valence electrons. The van der Waals surface area contributed by atoms with E-state index in [1.807, 2.05) is 6.92 Å². The molecular formula is C14H18N2O2. The van der Waals surface area contributed by atoms with Crippen LogP contribution in [0.2, 0.25) is 0 Å². The summed E-state index contributed by atoms with van der Waals surface area (Å²) in [5.74, 6) is 2.50. The zero-order valence-corrected chi connectivity index (χ0v) is 10.4. The SMILES string of the molecule is C#Cc1cccc(NC(=O)NCCC(O)CC)c1. The molecule has 0 aromatic heterocycles. The number of urea groups is 1. The molecule has 0 saturated carbocycles. The molecule has 4 heteroatoms. The third-order valence-corrected chi connectivity index (χ3v) is 2.52. The Labute approximate surface area is 107 Å². The molecule has 1 atom stereocenters. The van der Waals surface area contributed by atoms with Gasteiger partial charge in [0, 0.05) is 17.8 Å². The number of hydrogen-bond donors (Lipinski definition) is 3. The van der Waals surface area contributed by atoms with Crippen LogP contribution in [0.25, 0.3) is 0 Å². The number of amides is 2. The summed E-state index contributed by atoms with van der Waals surface area (Å²) >= 11 is 0. The van der Waals surface area contributed by atoms with Gasteiger partial charge in [-0.05, 0) is 31.0 Å². The molecule has 0 aliphatic carbocycles. The standard InChI is InChI=1S/C14H18N2O2/c1-3-11-6-5-7-12(10-11)16-14(18)15-9-8-13(17)4-2/h1,5-7,10,13,17H,4,8-9H2,2H3,(H2,15,16,18). The number of carbonyl (C=O) groups is 1.